The van der Waals surface area contributed by atoms with Crippen LogP contribution < -0.4 is 5.32 Å². The first-order valence-electron chi connectivity index (χ1n) is 5.54. The van der Waals surface area contributed by atoms with Gasteiger partial charge in [-0.25, -0.2) is 0 Å². The molecule has 0 radical (unpaired) electrons. The zero-order valence-corrected chi connectivity index (χ0v) is 12.2. The second-order valence-electron chi connectivity index (χ2n) is 4.35. The van der Waals surface area contributed by atoms with E-state index in [1.807, 2.05) is 26.0 Å². The van der Waals surface area contributed by atoms with Crippen LogP contribution in [0.2, 0.25) is 0 Å². The lowest BCUT2D eigenvalue weighted by Crippen LogP contribution is -2.23. The predicted octanol–water partition coefficient (Wildman–Crippen LogP) is 2.92. The van der Waals surface area contributed by atoms with E-state index in [9.17, 15) is 9.59 Å². The van der Waals surface area contributed by atoms with Gasteiger partial charge in [-0.3, -0.25) is 9.59 Å². The molecular formula is C13H16INO2. The number of carbonyl (C=O) groups is 2. The number of amides is 1. The number of hydrogen-bond acceptors (Lipinski definition) is 2. The second kappa shape index (κ2) is 6.74. The number of halogens is 1. The Kier molecular flexibility index (Phi) is 5.61. The minimum Gasteiger partial charge on any atom is -0.352 e. The highest BCUT2D eigenvalue weighted by atomic mass is 127. The molecule has 92 valence electrons. The molecule has 0 fully saturated rings. The first kappa shape index (κ1) is 14.2. The molecule has 1 aromatic rings. The molecule has 1 rings (SSSR count). The third kappa shape index (κ3) is 5.30. The van der Waals surface area contributed by atoms with Crippen molar-refractivity contribution in [2.45, 2.75) is 26.8 Å². The first-order valence-corrected chi connectivity index (χ1v) is 6.62. The summed E-state index contributed by atoms with van der Waals surface area (Å²) in [6.45, 7) is 4.54. The molecule has 0 atom stereocenters. The van der Waals surface area contributed by atoms with Crippen LogP contribution in [0.5, 0.6) is 0 Å². The van der Waals surface area contributed by atoms with Gasteiger partial charge in [0.25, 0.3) is 0 Å². The lowest BCUT2D eigenvalue weighted by molar-refractivity contribution is -0.121. The summed E-state index contributed by atoms with van der Waals surface area (Å²) in [5.74, 6) is 0.433. The Balaban J connectivity index is 2.47. The fourth-order valence-corrected chi connectivity index (χ4v) is 1.76. The highest BCUT2D eigenvalue weighted by molar-refractivity contribution is 14.1. The topological polar surface area (TPSA) is 46.2 Å². The van der Waals surface area contributed by atoms with Crippen LogP contribution in [-0.4, -0.2) is 9.70 Å². The molecular weight excluding hydrogens is 329 g/mol. The van der Waals surface area contributed by atoms with Crippen LogP contribution in [0.15, 0.2) is 24.3 Å². The molecule has 3 nitrogen and oxygen atoms in total. The van der Waals surface area contributed by atoms with Gasteiger partial charge in [-0.2, -0.15) is 0 Å². The maximum atomic E-state index is 11.4. The van der Waals surface area contributed by atoms with Crippen molar-refractivity contribution in [3.05, 3.63) is 35.4 Å². The molecule has 1 amide bonds. The molecule has 0 spiro atoms. The summed E-state index contributed by atoms with van der Waals surface area (Å²) in [4.78, 5) is 22.5. The minimum absolute atomic E-state index is 0.0259. The monoisotopic (exact) mass is 345 g/mol. The lowest BCUT2D eigenvalue weighted by Gasteiger charge is -2.07. The van der Waals surface area contributed by atoms with E-state index < -0.39 is 0 Å². The van der Waals surface area contributed by atoms with Crippen molar-refractivity contribution in [3.8, 4) is 0 Å². The smallest absolute Gasteiger partial charge is 0.222 e. The van der Waals surface area contributed by atoms with Crippen molar-refractivity contribution < 1.29 is 9.59 Å². The molecule has 1 N–H and O–H groups in total. The number of rotatable bonds is 5. The Morgan fingerprint density at radius 2 is 1.82 bits per heavy atom. The second-order valence-corrected chi connectivity index (χ2v) is 5.33. The quantitative estimate of drug-likeness (QED) is 0.659. The molecule has 0 unspecified atom stereocenters. The summed E-state index contributed by atoms with van der Waals surface area (Å²) in [6.07, 6.45) is 0.546. The van der Waals surface area contributed by atoms with Gasteiger partial charge in [-0.15, -0.1) is 0 Å². The van der Waals surface area contributed by atoms with Crippen LogP contribution in [-0.2, 0) is 11.3 Å². The van der Waals surface area contributed by atoms with Crippen LogP contribution >= 0.6 is 22.6 Å². The van der Waals surface area contributed by atoms with Crippen LogP contribution in [0.1, 0.15) is 36.2 Å². The molecule has 17 heavy (non-hydrogen) atoms. The standard InChI is InChI=1S/C13H16INO2/c1-9(2)7-12(16)15-8-10-3-5-11(6-4-10)13(14)17/h3-6,9H,7-8H2,1-2H3,(H,15,16). The third-order valence-corrected chi connectivity index (χ3v) is 2.89. The van der Waals surface area contributed by atoms with Crippen molar-refractivity contribution in [1.29, 1.82) is 0 Å². The van der Waals surface area contributed by atoms with Crippen molar-refractivity contribution >= 4 is 32.3 Å². The predicted molar refractivity (Wildman–Crippen MR) is 76.1 cm³/mol. The fraction of sp³-hybridized carbons (Fsp3) is 0.385. The van der Waals surface area contributed by atoms with Crippen molar-refractivity contribution in [3.63, 3.8) is 0 Å². The van der Waals surface area contributed by atoms with Gasteiger partial charge in [0.2, 0.25) is 9.70 Å². The first-order chi connectivity index (χ1) is 7.99. The Hall–Kier alpha value is -0.910. The highest BCUT2D eigenvalue weighted by Crippen LogP contribution is 2.08. The van der Waals surface area contributed by atoms with Crippen molar-refractivity contribution in [2.75, 3.05) is 0 Å². The number of nitrogens with one attached hydrogen (secondary N) is 1. The fourth-order valence-electron chi connectivity index (χ4n) is 1.40. The minimum atomic E-state index is 0.0259. The average molecular weight is 345 g/mol. The molecule has 0 bridgehead atoms. The summed E-state index contributed by atoms with van der Waals surface area (Å²) in [7, 11) is 0. The summed E-state index contributed by atoms with van der Waals surface area (Å²) in [6, 6.07) is 7.28. The summed E-state index contributed by atoms with van der Waals surface area (Å²) < 4.78 is 0.0259. The maximum Gasteiger partial charge on any atom is 0.222 e. The number of hydrogen-bond donors (Lipinski definition) is 1. The molecule has 0 heterocycles. The van der Waals surface area contributed by atoms with Crippen LogP contribution in [0.4, 0.5) is 0 Å². The summed E-state index contributed by atoms with van der Waals surface area (Å²) in [5, 5.41) is 2.85. The van der Waals surface area contributed by atoms with E-state index in [0.29, 0.717) is 24.4 Å². The van der Waals surface area contributed by atoms with E-state index in [2.05, 4.69) is 5.32 Å². The van der Waals surface area contributed by atoms with E-state index in [-0.39, 0.29) is 9.70 Å². The maximum absolute atomic E-state index is 11.4. The molecule has 1 aromatic carbocycles. The molecule has 0 aliphatic carbocycles. The number of carbonyl (C=O) groups excluding carboxylic acids is 2. The van der Waals surface area contributed by atoms with E-state index in [4.69, 9.17) is 0 Å². The Labute approximate surface area is 115 Å². The van der Waals surface area contributed by atoms with E-state index in [1.165, 1.54) is 0 Å². The third-order valence-electron chi connectivity index (χ3n) is 2.26. The van der Waals surface area contributed by atoms with E-state index in [1.54, 1.807) is 34.7 Å². The average Bonchev–Trinajstić information content (AvgIpc) is 2.26. The largest absolute Gasteiger partial charge is 0.352 e. The van der Waals surface area contributed by atoms with E-state index in [0.717, 1.165) is 5.56 Å². The normalized spacial score (nSPS) is 10.4. The molecule has 0 saturated heterocycles. The zero-order valence-electron chi connectivity index (χ0n) is 10.00. The van der Waals surface area contributed by atoms with E-state index >= 15 is 0 Å². The Bertz CT molecular complexity index is 398. The zero-order chi connectivity index (χ0) is 12.8. The van der Waals surface area contributed by atoms with Crippen molar-refractivity contribution in [1.82, 2.24) is 5.32 Å². The van der Waals surface area contributed by atoms with Gasteiger partial charge in [0.05, 0.1) is 0 Å². The van der Waals surface area contributed by atoms with Gasteiger partial charge in [0, 0.05) is 41.1 Å². The van der Waals surface area contributed by atoms with Gasteiger partial charge in [-0.1, -0.05) is 38.1 Å². The number of benzene rings is 1. The molecule has 0 saturated carbocycles. The van der Waals surface area contributed by atoms with Gasteiger partial charge in [-0.05, 0) is 11.5 Å². The lowest BCUT2D eigenvalue weighted by atomic mass is 10.1. The van der Waals surface area contributed by atoms with Gasteiger partial charge >= 0.3 is 0 Å². The van der Waals surface area contributed by atoms with Crippen molar-refractivity contribution in [2.24, 2.45) is 5.92 Å². The molecule has 0 aromatic heterocycles. The van der Waals surface area contributed by atoms with Crippen LogP contribution in [0, 0.1) is 5.92 Å². The molecule has 4 heteroatoms. The molecule has 0 aliphatic rings. The van der Waals surface area contributed by atoms with Gasteiger partial charge in [0.1, 0.15) is 0 Å². The Morgan fingerprint density at radius 1 is 1.24 bits per heavy atom. The Morgan fingerprint density at radius 3 is 2.29 bits per heavy atom. The summed E-state index contributed by atoms with van der Waals surface area (Å²) in [5.41, 5.74) is 1.69. The summed E-state index contributed by atoms with van der Waals surface area (Å²) >= 11 is 1.76. The highest BCUT2D eigenvalue weighted by Gasteiger charge is 2.05. The SMILES string of the molecule is CC(C)CC(=O)NCc1ccc(C(=O)I)cc1. The van der Waals surface area contributed by atoms with Crippen LogP contribution in [0.25, 0.3) is 0 Å². The molecule has 0 aliphatic heterocycles. The van der Waals surface area contributed by atoms with Crippen LogP contribution in [0.3, 0.4) is 0 Å². The van der Waals surface area contributed by atoms with Gasteiger partial charge in [0.15, 0.2) is 0 Å². The van der Waals surface area contributed by atoms with Gasteiger partial charge < -0.3 is 5.32 Å².